The van der Waals surface area contributed by atoms with Crippen molar-refractivity contribution in [2.24, 2.45) is 0 Å². The molecule has 0 bridgehead atoms. The lowest BCUT2D eigenvalue weighted by Crippen LogP contribution is -1.91. The van der Waals surface area contributed by atoms with E-state index in [0.29, 0.717) is 10.7 Å². The predicted molar refractivity (Wildman–Crippen MR) is 70.3 cm³/mol. The van der Waals surface area contributed by atoms with E-state index in [1.54, 1.807) is 11.4 Å². The van der Waals surface area contributed by atoms with E-state index in [-0.39, 0.29) is 5.78 Å². The highest BCUT2D eigenvalue weighted by Gasteiger charge is 2.10. The van der Waals surface area contributed by atoms with Gasteiger partial charge in [-0.05, 0) is 18.2 Å². The molecule has 1 heterocycles. The Bertz CT molecular complexity index is 553. The molecule has 0 saturated carbocycles. The van der Waals surface area contributed by atoms with Crippen LogP contribution in [0, 0.1) is 0 Å². The first kappa shape index (κ1) is 11.8. The molecule has 82 valence electrons. The molecule has 5 heteroatoms. The van der Waals surface area contributed by atoms with E-state index in [9.17, 15) is 4.79 Å². The van der Waals surface area contributed by atoms with Crippen LogP contribution >= 0.6 is 38.9 Å². The number of Topliss-reactive ketones (excluding diaryl/α,β-unsaturated/α-hetero) is 1. The third-order valence-electron chi connectivity index (χ3n) is 2.03. The maximum Gasteiger partial charge on any atom is 0.178 e. The second kappa shape index (κ2) is 4.65. The largest absolute Gasteiger partial charge is 0.293 e. The van der Waals surface area contributed by atoms with Gasteiger partial charge in [-0.2, -0.15) is 0 Å². The lowest BCUT2D eigenvalue weighted by atomic mass is 10.2. The first-order valence-corrected chi connectivity index (χ1v) is 6.55. The molecule has 0 spiro atoms. The van der Waals surface area contributed by atoms with Gasteiger partial charge in [0.05, 0.1) is 0 Å². The third-order valence-corrected chi connectivity index (χ3v) is 3.79. The lowest BCUT2D eigenvalue weighted by molar-refractivity contribution is 0.101. The van der Waals surface area contributed by atoms with Crippen molar-refractivity contribution < 1.29 is 4.79 Å². The van der Waals surface area contributed by atoms with Crippen molar-refractivity contribution in [3.63, 3.8) is 0 Å². The van der Waals surface area contributed by atoms with E-state index in [1.165, 1.54) is 18.3 Å². The average molecular weight is 317 g/mol. The molecule has 0 aliphatic heterocycles. The molecule has 0 aliphatic carbocycles. The van der Waals surface area contributed by atoms with Crippen LogP contribution in [0.15, 0.2) is 28.1 Å². The minimum atomic E-state index is -0.0208. The second-order valence-corrected chi connectivity index (χ2v) is 5.37. The van der Waals surface area contributed by atoms with Crippen molar-refractivity contribution in [3.8, 4) is 10.6 Å². The van der Waals surface area contributed by atoms with Crippen molar-refractivity contribution in [2.75, 3.05) is 0 Å². The number of thiazole rings is 1. The van der Waals surface area contributed by atoms with Crippen LogP contribution in [0.25, 0.3) is 10.6 Å². The zero-order valence-electron chi connectivity index (χ0n) is 8.33. The van der Waals surface area contributed by atoms with Crippen molar-refractivity contribution in [2.45, 2.75) is 6.92 Å². The van der Waals surface area contributed by atoms with E-state index in [4.69, 9.17) is 11.6 Å². The standard InChI is InChI=1S/C11H7BrClNOS/c1-6(15)10-5-16-11(14-10)8-3-2-7(13)4-9(8)12/h2-5H,1H3. The molecule has 16 heavy (non-hydrogen) atoms. The van der Waals surface area contributed by atoms with Crippen LogP contribution in [0.3, 0.4) is 0 Å². The Hall–Kier alpha value is -0.710. The molecule has 2 nitrogen and oxygen atoms in total. The van der Waals surface area contributed by atoms with Gasteiger partial charge in [-0.1, -0.05) is 27.5 Å². The summed E-state index contributed by atoms with van der Waals surface area (Å²) in [5, 5.41) is 3.24. The van der Waals surface area contributed by atoms with E-state index < -0.39 is 0 Å². The minimum Gasteiger partial charge on any atom is -0.293 e. The molecule has 1 aromatic carbocycles. The molecule has 2 aromatic rings. The Morgan fingerprint density at radius 1 is 1.50 bits per heavy atom. The molecule has 0 N–H and O–H groups in total. The van der Waals surface area contributed by atoms with Crippen molar-refractivity contribution in [3.05, 3.63) is 38.8 Å². The number of aromatic nitrogens is 1. The van der Waals surface area contributed by atoms with Gasteiger partial charge < -0.3 is 0 Å². The van der Waals surface area contributed by atoms with Gasteiger partial charge in [0.15, 0.2) is 5.78 Å². The fourth-order valence-corrected chi connectivity index (χ4v) is 3.12. The average Bonchev–Trinajstić information content (AvgIpc) is 2.66. The van der Waals surface area contributed by atoms with Gasteiger partial charge in [0.25, 0.3) is 0 Å². The number of carbonyl (C=O) groups is 1. The summed E-state index contributed by atoms with van der Waals surface area (Å²) in [6, 6.07) is 5.50. The van der Waals surface area contributed by atoms with Crippen LogP contribution in [0.2, 0.25) is 5.02 Å². The fourth-order valence-electron chi connectivity index (χ4n) is 1.22. The van der Waals surface area contributed by atoms with Gasteiger partial charge in [0.1, 0.15) is 10.7 Å². The smallest absolute Gasteiger partial charge is 0.178 e. The predicted octanol–water partition coefficient (Wildman–Crippen LogP) is 4.43. The van der Waals surface area contributed by atoms with E-state index in [2.05, 4.69) is 20.9 Å². The minimum absolute atomic E-state index is 0.0208. The summed E-state index contributed by atoms with van der Waals surface area (Å²) in [6.07, 6.45) is 0. The summed E-state index contributed by atoms with van der Waals surface area (Å²) < 4.78 is 0.879. The summed E-state index contributed by atoms with van der Waals surface area (Å²) in [6.45, 7) is 1.51. The van der Waals surface area contributed by atoms with E-state index in [0.717, 1.165) is 15.0 Å². The van der Waals surface area contributed by atoms with E-state index in [1.807, 2.05) is 12.1 Å². The SMILES string of the molecule is CC(=O)c1csc(-c2ccc(Cl)cc2Br)n1. The normalized spacial score (nSPS) is 10.4. The molecule has 0 saturated heterocycles. The molecule has 0 aliphatic rings. The van der Waals surface area contributed by atoms with Crippen LogP contribution in [0.1, 0.15) is 17.4 Å². The first-order valence-electron chi connectivity index (χ1n) is 4.50. The highest BCUT2D eigenvalue weighted by atomic mass is 79.9. The van der Waals surface area contributed by atoms with Crippen LogP contribution in [0.5, 0.6) is 0 Å². The van der Waals surface area contributed by atoms with Crippen LogP contribution < -0.4 is 0 Å². The molecule has 0 unspecified atom stereocenters. The zero-order valence-corrected chi connectivity index (χ0v) is 11.5. The monoisotopic (exact) mass is 315 g/mol. The lowest BCUT2D eigenvalue weighted by Gasteiger charge is -2.00. The zero-order chi connectivity index (χ0) is 11.7. The summed E-state index contributed by atoms with van der Waals surface area (Å²) >= 11 is 10.7. The Balaban J connectivity index is 2.46. The summed E-state index contributed by atoms with van der Waals surface area (Å²) in [4.78, 5) is 15.4. The van der Waals surface area contributed by atoms with Crippen molar-refractivity contribution in [1.82, 2.24) is 4.98 Å². The molecular formula is C11H7BrClNOS. The Morgan fingerprint density at radius 2 is 2.25 bits per heavy atom. The number of benzene rings is 1. The van der Waals surface area contributed by atoms with Gasteiger partial charge in [-0.25, -0.2) is 4.98 Å². The van der Waals surface area contributed by atoms with Crippen LogP contribution in [-0.2, 0) is 0 Å². The van der Waals surface area contributed by atoms with Crippen molar-refractivity contribution in [1.29, 1.82) is 0 Å². The van der Waals surface area contributed by atoms with Crippen LogP contribution in [0.4, 0.5) is 0 Å². The highest BCUT2D eigenvalue weighted by Crippen LogP contribution is 2.32. The number of hydrogen-bond acceptors (Lipinski definition) is 3. The summed E-state index contributed by atoms with van der Waals surface area (Å²) in [5.74, 6) is -0.0208. The molecule has 0 radical (unpaired) electrons. The molecular weight excluding hydrogens is 310 g/mol. The quantitative estimate of drug-likeness (QED) is 0.767. The van der Waals surface area contributed by atoms with E-state index >= 15 is 0 Å². The third kappa shape index (κ3) is 2.34. The van der Waals surface area contributed by atoms with Gasteiger partial charge in [0, 0.05) is 27.4 Å². The molecule has 2 rings (SSSR count). The Labute approximate surface area is 110 Å². The molecule has 1 aromatic heterocycles. The van der Waals surface area contributed by atoms with Gasteiger partial charge in [0.2, 0.25) is 0 Å². The number of halogens is 2. The number of carbonyl (C=O) groups excluding carboxylic acids is 1. The first-order chi connectivity index (χ1) is 7.58. The highest BCUT2D eigenvalue weighted by molar-refractivity contribution is 9.10. The topological polar surface area (TPSA) is 30.0 Å². The molecule has 0 atom stereocenters. The van der Waals surface area contributed by atoms with Crippen LogP contribution in [-0.4, -0.2) is 10.8 Å². The second-order valence-electron chi connectivity index (χ2n) is 3.22. The molecule has 0 fully saturated rings. The van der Waals surface area contributed by atoms with Crippen molar-refractivity contribution >= 4 is 44.7 Å². The number of hydrogen-bond donors (Lipinski definition) is 0. The maximum absolute atomic E-state index is 11.1. The Kier molecular flexibility index (Phi) is 3.42. The Morgan fingerprint density at radius 3 is 2.81 bits per heavy atom. The van der Waals surface area contributed by atoms with Gasteiger partial charge in [-0.15, -0.1) is 11.3 Å². The van der Waals surface area contributed by atoms with Gasteiger partial charge in [-0.3, -0.25) is 4.79 Å². The number of ketones is 1. The molecule has 0 amide bonds. The number of rotatable bonds is 2. The maximum atomic E-state index is 11.1. The van der Waals surface area contributed by atoms with Gasteiger partial charge >= 0.3 is 0 Å². The summed E-state index contributed by atoms with van der Waals surface area (Å²) in [7, 11) is 0. The fraction of sp³-hybridized carbons (Fsp3) is 0.0909. The summed E-state index contributed by atoms with van der Waals surface area (Å²) in [5.41, 5.74) is 1.45. The number of nitrogens with zero attached hydrogens (tertiary/aromatic N) is 1.